The fraction of sp³-hybridized carbons (Fsp3) is 0.200. The van der Waals surface area contributed by atoms with E-state index in [1.54, 1.807) is 18.2 Å². The van der Waals surface area contributed by atoms with Crippen molar-refractivity contribution in [1.29, 1.82) is 0 Å². The van der Waals surface area contributed by atoms with Gasteiger partial charge in [-0.25, -0.2) is 4.79 Å². The largest absolute Gasteiger partial charge is 0.478 e. The molecule has 4 rings (SSSR count). The SMILES string of the molecule is CCCCN(Cc1ccc(-c2ccccc2-c2nn[nH]n2)cc1)c1cccc(C(=O)O)c1. The Balaban J connectivity index is 1.58. The Labute approximate surface area is 186 Å². The second kappa shape index (κ2) is 9.87. The third kappa shape index (κ3) is 4.83. The van der Waals surface area contributed by atoms with Crippen LogP contribution >= 0.6 is 0 Å². The summed E-state index contributed by atoms with van der Waals surface area (Å²) in [7, 11) is 0. The fourth-order valence-corrected chi connectivity index (χ4v) is 3.70. The molecule has 0 fully saturated rings. The van der Waals surface area contributed by atoms with Crippen molar-refractivity contribution in [3.8, 4) is 22.5 Å². The first-order valence-electron chi connectivity index (χ1n) is 10.7. The van der Waals surface area contributed by atoms with Crippen molar-refractivity contribution in [2.24, 2.45) is 0 Å². The molecule has 2 N–H and O–H groups in total. The van der Waals surface area contributed by atoms with Crippen molar-refractivity contribution in [3.63, 3.8) is 0 Å². The number of unbranched alkanes of at least 4 members (excludes halogenated alkanes) is 1. The molecule has 7 heteroatoms. The van der Waals surface area contributed by atoms with Crippen LogP contribution in [0, 0.1) is 0 Å². The first-order chi connectivity index (χ1) is 15.7. The lowest BCUT2D eigenvalue weighted by Gasteiger charge is -2.25. The lowest BCUT2D eigenvalue weighted by Crippen LogP contribution is -2.24. The van der Waals surface area contributed by atoms with Crippen LogP contribution in [-0.2, 0) is 6.54 Å². The third-order valence-electron chi connectivity index (χ3n) is 5.39. The molecule has 4 aromatic rings. The summed E-state index contributed by atoms with van der Waals surface area (Å²) in [5, 5.41) is 23.8. The molecule has 0 bridgehead atoms. The standard InChI is InChI=1S/C25H25N5O2/c1-2-3-15-30(21-8-6-7-20(16-21)25(31)32)17-18-11-13-19(14-12-18)22-9-4-5-10-23(22)24-26-28-29-27-24/h4-14,16H,2-3,15,17H2,1H3,(H,31,32)(H,26,27,28,29). The molecule has 0 aliphatic heterocycles. The van der Waals surface area contributed by atoms with Gasteiger partial charge in [0.15, 0.2) is 0 Å². The summed E-state index contributed by atoms with van der Waals surface area (Å²) in [5.41, 5.74) is 5.41. The van der Waals surface area contributed by atoms with E-state index in [0.29, 0.717) is 17.9 Å². The molecule has 7 nitrogen and oxygen atoms in total. The van der Waals surface area contributed by atoms with Crippen molar-refractivity contribution in [2.45, 2.75) is 26.3 Å². The normalized spacial score (nSPS) is 10.8. The van der Waals surface area contributed by atoms with Gasteiger partial charge in [0.1, 0.15) is 0 Å². The van der Waals surface area contributed by atoms with Crippen LogP contribution in [0.2, 0.25) is 0 Å². The number of nitrogens with zero attached hydrogens (tertiary/aromatic N) is 4. The van der Waals surface area contributed by atoms with E-state index in [9.17, 15) is 9.90 Å². The number of carboxylic acid groups (broad SMARTS) is 1. The van der Waals surface area contributed by atoms with Crippen LogP contribution < -0.4 is 4.90 Å². The number of carboxylic acids is 1. The average molecular weight is 428 g/mol. The molecule has 0 amide bonds. The minimum atomic E-state index is -0.910. The Morgan fingerprint density at radius 2 is 1.78 bits per heavy atom. The van der Waals surface area contributed by atoms with Gasteiger partial charge < -0.3 is 10.0 Å². The first-order valence-corrected chi connectivity index (χ1v) is 10.7. The number of anilines is 1. The van der Waals surface area contributed by atoms with Gasteiger partial charge in [-0.05, 0) is 46.5 Å². The van der Waals surface area contributed by atoms with E-state index in [4.69, 9.17) is 0 Å². The van der Waals surface area contributed by atoms with Crippen molar-refractivity contribution in [2.75, 3.05) is 11.4 Å². The molecule has 0 saturated heterocycles. The van der Waals surface area contributed by atoms with Gasteiger partial charge in [0.25, 0.3) is 0 Å². The molecular weight excluding hydrogens is 402 g/mol. The number of H-pyrrole nitrogens is 1. The van der Waals surface area contributed by atoms with E-state index < -0.39 is 5.97 Å². The monoisotopic (exact) mass is 427 g/mol. The smallest absolute Gasteiger partial charge is 0.335 e. The molecule has 3 aromatic carbocycles. The van der Waals surface area contributed by atoms with E-state index in [2.05, 4.69) is 56.7 Å². The number of aromatic amines is 1. The van der Waals surface area contributed by atoms with Crippen LogP contribution in [0.15, 0.2) is 72.8 Å². The predicted molar refractivity (Wildman–Crippen MR) is 124 cm³/mol. The second-order valence-electron chi connectivity index (χ2n) is 7.61. The molecule has 162 valence electrons. The number of carbonyl (C=O) groups is 1. The van der Waals surface area contributed by atoms with Crippen molar-refractivity contribution < 1.29 is 9.90 Å². The van der Waals surface area contributed by atoms with Gasteiger partial charge in [-0.1, -0.05) is 67.9 Å². The van der Waals surface area contributed by atoms with Crippen LogP contribution in [0.5, 0.6) is 0 Å². The number of benzene rings is 3. The number of hydrogen-bond acceptors (Lipinski definition) is 5. The Morgan fingerprint density at radius 3 is 2.47 bits per heavy atom. The number of tetrazole rings is 1. The molecule has 0 aliphatic carbocycles. The van der Waals surface area contributed by atoms with Gasteiger partial charge in [-0.15, -0.1) is 10.2 Å². The molecule has 32 heavy (non-hydrogen) atoms. The highest BCUT2D eigenvalue weighted by Crippen LogP contribution is 2.30. The third-order valence-corrected chi connectivity index (χ3v) is 5.39. The quantitative estimate of drug-likeness (QED) is 0.389. The molecule has 0 aliphatic rings. The topological polar surface area (TPSA) is 95.0 Å². The number of nitrogens with one attached hydrogen (secondary N) is 1. The molecule has 0 unspecified atom stereocenters. The van der Waals surface area contributed by atoms with E-state index >= 15 is 0 Å². The van der Waals surface area contributed by atoms with E-state index in [-0.39, 0.29) is 0 Å². The summed E-state index contributed by atoms with van der Waals surface area (Å²) in [6.45, 7) is 3.72. The van der Waals surface area contributed by atoms with Gasteiger partial charge in [0, 0.05) is 24.3 Å². The summed E-state index contributed by atoms with van der Waals surface area (Å²) < 4.78 is 0. The molecule has 1 heterocycles. The van der Waals surface area contributed by atoms with Crippen LogP contribution in [0.3, 0.4) is 0 Å². The molecule has 0 spiro atoms. The van der Waals surface area contributed by atoms with Gasteiger partial charge >= 0.3 is 5.97 Å². The second-order valence-corrected chi connectivity index (χ2v) is 7.61. The highest BCUT2D eigenvalue weighted by atomic mass is 16.4. The van der Waals surface area contributed by atoms with Crippen LogP contribution in [0.25, 0.3) is 22.5 Å². The maximum atomic E-state index is 11.4. The average Bonchev–Trinajstić information content (AvgIpc) is 3.37. The summed E-state index contributed by atoms with van der Waals surface area (Å²) in [5.74, 6) is -0.347. The van der Waals surface area contributed by atoms with Gasteiger partial charge in [-0.2, -0.15) is 5.21 Å². The number of rotatable bonds is 9. The number of aromatic nitrogens is 4. The molecule has 0 atom stereocenters. The number of hydrogen-bond donors (Lipinski definition) is 2. The van der Waals surface area contributed by atoms with Gasteiger partial charge in [0.2, 0.25) is 5.82 Å². The maximum absolute atomic E-state index is 11.4. The van der Waals surface area contributed by atoms with Gasteiger partial charge in [0.05, 0.1) is 5.56 Å². The van der Waals surface area contributed by atoms with E-state index in [0.717, 1.165) is 47.3 Å². The lowest BCUT2D eigenvalue weighted by molar-refractivity contribution is 0.0697. The Kier molecular flexibility index (Phi) is 6.55. The Bertz CT molecular complexity index is 1170. The zero-order valence-electron chi connectivity index (χ0n) is 17.9. The van der Waals surface area contributed by atoms with Crippen LogP contribution in [0.4, 0.5) is 5.69 Å². The van der Waals surface area contributed by atoms with E-state index in [1.807, 2.05) is 30.3 Å². The summed E-state index contributed by atoms with van der Waals surface area (Å²) in [6, 6.07) is 23.5. The zero-order chi connectivity index (χ0) is 22.3. The van der Waals surface area contributed by atoms with Gasteiger partial charge in [-0.3, -0.25) is 0 Å². The Hall–Kier alpha value is -4.00. The highest BCUT2D eigenvalue weighted by Gasteiger charge is 2.13. The van der Waals surface area contributed by atoms with E-state index in [1.165, 1.54) is 0 Å². The predicted octanol–water partition coefficient (Wildman–Crippen LogP) is 5.04. The van der Waals surface area contributed by atoms with Crippen molar-refractivity contribution in [3.05, 3.63) is 83.9 Å². The molecule has 0 saturated carbocycles. The zero-order valence-corrected chi connectivity index (χ0v) is 17.9. The minimum Gasteiger partial charge on any atom is -0.478 e. The molecule has 0 radical (unpaired) electrons. The highest BCUT2D eigenvalue weighted by molar-refractivity contribution is 5.88. The number of aromatic carboxylic acids is 1. The van der Waals surface area contributed by atoms with Crippen molar-refractivity contribution >= 4 is 11.7 Å². The summed E-state index contributed by atoms with van der Waals surface area (Å²) in [4.78, 5) is 13.6. The summed E-state index contributed by atoms with van der Waals surface area (Å²) in [6.07, 6.45) is 2.11. The minimum absolute atomic E-state index is 0.303. The van der Waals surface area contributed by atoms with Crippen LogP contribution in [-0.4, -0.2) is 38.2 Å². The van der Waals surface area contributed by atoms with Crippen molar-refractivity contribution in [1.82, 2.24) is 20.6 Å². The fourth-order valence-electron chi connectivity index (χ4n) is 3.70. The molecular formula is C25H25N5O2. The Morgan fingerprint density at radius 1 is 1.00 bits per heavy atom. The summed E-state index contributed by atoms with van der Waals surface area (Å²) >= 11 is 0. The van der Waals surface area contributed by atoms with Crippen LogP contribution in [0.1, 0.15) is 35.7 Å². The lowest BCUT2D eigenvalue weighted by atomic mass is 9.98. The maximum Gasteiger partial charge on any atom is 0.335 e. The first kappa shape index (κ1) is 21.2. The molecule has 1 aromatic heterocycles.